The normalized spacial score (nSPS) is 14.0. The van der Waals surface area contributed by atoms with E-state index in [4.69, 9.17) is 24.3 Å². The lowest BCUT2D eigenvalue weighted by atomic mass is 9.76. The van der Waals surface area contributed by atoms with Gasteiger partial charge in [-0.05, 0) is 32.1 Å². The molecular formula is C14H31NO8P2. The van der Waals surface area contributed by atoms with E-state index in [1.807, 2.05) is 20.8 Å². The largest absolute Gasteiger partial charge is 0.465 e. The number of carbonyl (C=O) groups is 1. The summed E-state index contributed by atoms with van der Waals surface area (Å²) >= 11 is 0. The van der Waals surface area contributed by atoms with Gasteiger partial charge in [-0.1, -0.05) is 20.8 Å². The van der Waals surface area contributed by atoms with E-state index >= 15 is 0 Å². The van der Waals surface area contributed by atoms with E-state index in [1.165, 1.54) is 0 Å². The fraction of sp³-hybridized carbons (Fsp3) is 0.929. The molecule has 0 aliphatic rings. The third kappa shape index (κ3) is 13.6. The smallest absolute Gasteiger partial charge is 0.339 e. The molecule has 0 saturated heterocycles. The number of hydrogen-bond donors (Lipinski definition) is 4. The zero-order valence-electron chi connectivity index (χ0n) is 15.5. The Balaban J connectivity index is 4.52. The van der Waals surface area contributed by atoms with Crippen LogP contribution < -0.4 is 0 Å². The fourth-order valence-electron chi connectivity index (χ4n) is 2.75. The van der Waals surface area contributed by atoms with Crippen LogP contribution >= 0.6 is 15.2 Å². The van der Waals surface area contributed by atoms with Gasteiger partial charge in [-0.25, -0.2) is 0 Å². The van der Waals surface area contributed by atoms with E-state index in [0.717, 1.165) is 4.90 Å². The predicted octanol–water partition coefficient (Wildman–Crippen LogP) is 1.95. The van der Waals surface area contributed by atoms with Crippen molar-refractivity contribution in [3.63, 3.8) is 0 Å². The monoisotopic (exact) mass is 403 g/mol. The molecule has 0 saturated carbocycles. The van der Waals surface area contributed by atoms with Crippen LogP contribution in [0.3, 0.4) is 0 Å². The maximum absolute atomic E-state index is 12.2. The van der Waals surface area contributed by atoms with E-state index in [1.54, 1.807) is 13.8 Å². The second kappa shape index (κ2) is 9.09. The molecule has 0 aromatic rings. The molecule has 150 valence electrons. The van der Waals surface area contributed by atoms with Crippen LogP contribution in [-0.2, 0) is 18.7 Å². The van der Waals surface area contributed by atoms with Crippen molar-refractivity contribution in [3.05, 3.63) is 0 Å². The SMILES string of the molecule is CC(C)(C)CC(C)(C)C(=O)OCCCN(CP(=O)(O)O)CP(=O)(O)O. The number of esters is 1. The molecule has 11 heteroatoms. The molecule has 0 aromatic carbocycles. The van der Waals surface area contributed by atoms with Gasteiger partial charge < -0.3 is 24.3 Å². The summed E-state index contributed by atoms with van der Waals surface area (Å²) in [6, 6.07) is 0. The summed E-state index contributed by atoms with van der Waals surface area (Å²) in [5.41, 5.74) is -0.720. The second-order valence-electron chi connectivity index (χ2n) is 8.12. The van der Waals surface area contributed by atoms with Crippen LogP contribution in [0.25, 0.3) is 0 Å². The maximum atomic E-state index is 12.2. The van der Waals surface area contributed by atoms with Gasteiger partial charge in [0.1, 0.15) is 12.6 Å². The molecule has 0 atom stereocenters. The first kappa shape index (κ1) is 24.7. The molecule has 0 spiro atoms. The van der Waals surface area contributed by atoms with Crippen LogP contribution in [0, 0.1) is 10.8 Å². The first-order chi connectivity index (χ1) is 10.9. The first-order valence-corrected chi connectivity index (χ1v) is 11.5. The molecule has 0 unspecified atom stereocenters. The van der Waals surface area contributed by atoms with E-state index in [9.17, 15) is 13.9 Å². The van der Waals surface area contributed by atoms with Crippen molar-refractivity contribution < 1.29 is 38.2 Å². The molecule has 0 aromatic heterocycles. The molecule has 0 aliphatic heterocycles. The molecule has 4 N–H and O–H groups in total. The summed E-state index contributed by atoms with van der Waals surface area (Å²) in [5.74, 6) is -0.376. The van der Waals surface area contributed by atoms with Gasteiger partial charge in [0.2, 0.25) is 0 Å². The highest BCUT2D eigenvalue weighted by Gasteiger charge is 2.34. The van der Waals surface area contributed by atoms with E-state index in [-0.39, 0.29) is 31.0 Å². The topological polar surface area (TPSA) is 145 Å². The Morgan fingerprint density at radius 1 is 0.960 bits per heavy atom. The average Bonchev–Trinajstić information content (AvgIpc) is 2.26. The summed E-state index contributed by atoms with van der Waals surface area (Å²) in [6.45, 7) is 9.62. The van der Waals surface area contributed by atoms with Crippen LogP contribution in [-0.4, -0.2) is 56.2 Å². The number of rotatable bonds is 10. The summed E-state index contributed by atoms with van der Waals surface area (Å²) in [5, 5.41) is 0. The number of carbonyl (C=O) groups excluding carboxylic acids is 1. The van der Waals surface area contributed by atoms with Crippen molar-refractivity contribution in [2.45, 2.75) is 47.5 Å². The quantitative estimate of drug-likeness (QED) is 0.244. The molecular weight excluding hydrogens is 372 g/mol. The fourth-order valence-corrected chi connectivity index (χ4v) is 4.44. The second-order valence-corrected chi connectivity index (χ2v) is 11.3. The molecule has 0 aliphatic carbocycles. The zero-order valence-corrected chi connectivity index (χ0v) is 17.3. The highest BCUT2D eigenvalue weighted by atomic mass is 31.2. The minimum Gasteiger partial charge on any atom is -0.465 e. The van der Waals surface area contributed by atoms with Gasteiger partial charge in [0.25, 0.3) is 0 Å². The van der Waals surface area contributed by atoms with Gasteiger partial charge in [-0.3, -0.25) is 18.8 Å². The van der Waals surface area contributed by atoms with Crippen molar-refractivity contribution in [3.8, 4) is 0 Å². The Labute approximate surface area is 149 Å². The average molecular weight is 403 g/mol. The lowest BCUT2D eigenvalue weighted by Gasteiger charge is -2.30. The third-order valence-electron chi connectivity index (χ3n) is 3.15. The van der Waals surface area contributed by atoms with Crippen molar-refractivity contribution in [1.82, 2.24) is 4.90 Å². The summed E-state index contributed by atoms with van der Waals surface area (Å²) in [7, 11) is -8.90. The lowest BCUT2D eigenvalue weighted by Crippen LogP contribution is -2.32. The Morgan fingerprint density at radius 3 is 1.76 bits per heavy atom. The van der Waals surface area contributed by atoms with Gasteiger partial charge >= 0.3 is 21.2 Å². The van der Waals surface area contributed by atoms with Gasteiger partial charge in [0.05, 0.1) is 12.0 Å². The number of hydrogen-bond acceptors (Lipinski definition) is 5. The van der Waals surface area contributed by atoms with Crippen molar-refractivity contribution >= 4 is 21.2 Å². The molecule has 25 heavy (non-hydrogen) atoms. The Bertz CT molecular complexity index is 507. The van der Waals surface area contributed by atoms with Crippen LogP contribution in [0.4, 0.5) is 0 Å². The van der Waals surface area contributed by atoms with E-state index in [0.29, 0.717) is 6.42 Å². The summed E-state index contributed by atoms with van der Waals surface area (Å²) in [6.07, 6.45) is -0.693. The molecule has 0 fully saturated rings. The summed E-state index contributed by atoms with van der Waals surface area (Å²) in [4.78, 5) is 49.0. The van der Waals surface area contributed by atoms with Crippen molar-refractivity contribution in [1.29, 1.82) is 0 Å². The molecule has 0 amide bonds. The standard InChI is InChI=1S/C14H31NO8P2/c1-13(2,3)9-14(4,5)12(16)23-8-6-7-15(10-24(17,18)19)11-25(20,21)22/h6-11H2,1-5H3,(H2,17,18,19)(H2,20,21,22). The highest BCUT2D eigenvalue weighted by Crippen LogP contribution is 2.40. The number of nitrogens with zero attached hydrogens (tertiary/aromatic N) is 1. The minimum atomic E-state index is -4.45. The Morgan fingerprint density at radius 2 is 1.40 bits per heavy atom. The van der Waals surface area contributed by atoms with Crippen LogP contribution in [0.2, 0.25) is 0 Å². The number of ether oxygens (including phenoxy) is 1. The van der Waals surface area contributed by atoms with Gasteiger partial charge in [-0.15, -0.1) is 0 Å². The molecule has 0 radical (unpaired) electrons. The molecule has 9 nitrogen and oxygen atoms in total. The molecule has 0 heterocycles. The van der Waals surface area contributed by atoms with E-state index < -0.39 is 33.2 Å². The van der Waals surface area contributed by atoms with Gasteiger partial charge in [-0.2, -0.15) is 0 Å². The molecule has 0 rings (SSSR count). The van der Waals surface area contributed by atoms with Crippen molar-refractivity contribution in [2.75, 3.05) is 25.7 Å². The van der Waals surface area contributed by atoms with Crippen molar-refractivity contribution in [2.24, 2.45) is 10.8 Å². The maximum Gasteiger partial charge on any atom is 0.339 e. The lowest BCUT2D eigenvalue weighted by molar-refractivity contribution is -0.155. The first-order valence-electron chi connectivity index (χ1n) is 7.90. The minimum absolute atomic E-state index is 0.00518. The Hall–Kier alpha value is -0.270. The highest BCUT2D eigenvalue weighted by molar-refractivity contribution is 7.52. The zero-order chi connectivity index (χ0) is 20.1. The summed E-state index contributed by atoms with van der Waals surface area (Å²) < 4.78 is 27.3. The van der Waals surface area contributed by atoms with Crippen LogP contribution in [0.15, 0.2) is 0 Å². The van der Waals surface area contributed by atoms with Crippen LogP contribution in [0.1, 0.15) is 47.5 Å². The Kier molecular flexibility index (Phi) is 8.99. The molecule has 0 bridgehead atoms. The van der Waals surface area contributed by atoms with Crippen LogP contribution in [0.5, 0.6) is 0 Å². The third-order valence-corrected chi connectivity index (χ3v) is 4.68. The predicted molar refractivity (Wildman–Crippen MR) is 94.0 cm³/mol. The van der Waals surface area contributed by atoms with Gasteiger partial charge in [0, 0.05) is 6.54 Å². The van der Waals surface area contributed by atoms with E-state index in [2.05, 4.69) is 0 Å². The van der Waals surface area contributed by atoms with Gasteiger partial charge in [0.15, 0.2) is 0 Å².